The molecule has 0 unspecified atom stereocenters. The third kappa shape index (κ3) is 4.50. The lowest BCUT2D eigenvalue weighted by atomic mass is 10.3. The maximum Gasteiger partial charge on any atom is 0.244 e. The van der Waals surface area contributed by atoms with Crippen LogP contribution in [0.1, 0.15) is 25.3 Å². The third-order valence-electron chi connectivity index (χ3n) is 2.57. The highest BCUT2D eigenvalue weighted by molar-refractivity contribution is 5.37. The molecule has 6 heteroatoms. The lowest BCUT2D eigenvalue weighted by Gasteiger charge is -2.07. The van der Waals surface area contributed by atoms with Gasteiger partial charge in [-0.1, -0.05) is 19.4 Å². The highest BCUT2D eigenvalue weighted by atomic mass is 15.3. The topological polar surface area (TPSA) is 75.6 Å². The minimum Gasteiger partial charge on any atom is -0.369 e. The quantitative estimate of drug-likeness (QED) is 0.741. The van der Waals surface area contributed by atoms with Crippen molar-refractivity contribution in [1.29, 1.82) is 0 Å². The first-order valence-corrected chi connectivity index (χ1v) is 6.45. The number of hydrogen-bond donors (Lipinski definition) is 2. The monoisotopic (exact) mass is 258 g/mol. The van der Waals surface area contributed by atoms with Crippen LogP contribution >= 0.6 is 0 Å². The van der Waals surface area contributed by atoms with Crippen LogP contribution in [0, 0.1) is 0 Å². The Labute approximate surface area is 112 Å². The predicted molar refractivity (Wildman–Crippen MR) is 74.8 cm³/mol. The second-order valence-electron chi connectivity index (χ2n) is 4.16. The Morgan fingerprint density at radius 1 is 1.21 bits per heavy atom. The van der Waals surface area contributed by atoms with Gasteiger partial charge < -0.3 is 10.6 Å². The molecule has 0 bridgehead atoms. The molecule has 0 amide bonds. The van der Waals surface area contributed by atoms with E-state index in [1.807, 2.05) is 18.3 Å². The lowest BCUT2D eigenvalue weighted by molar-refractivity contribution is 0.826. The molecule has 100 valence electrons. The van der Waals surface area contributed by atoms with E-state index >= 15 is 0 Å². The summed E-state index contributed by atoms with van der Waals surface area (Å²) in [7, 11) is 0. The number of anilines is 2. The maximum atomic E-state index is 4.34. The zero-order valence-electron chi connectivity index (χ0n) is 11.0. The second-order valence-corrected chi connectivity index (χ2v) is 4.16. The van der Waals surface area contributed by atoms with E-state index < -0.39 is 0 Å². The Bertz CT molecular complexity index is 488. The Balaban J connectivity index is 1.88. The van der Waals surface area contributed by atoms with Gasteiger partial charge in [0.2, 0.25) is 5.95 Å². The highest BCUT2D eigenvalue weighted by Crippen LogP contribution is 2.05. The summed E-state index contributed by atoms with van der Waals surface area (Å²) in [6, 6.07) is 3.90. The molecule has 0 atom stereocenters. The fourth-order valence-electron chi connectivity index (χ4n) is 1.54. The smallest absolute Gasteiger partial charge is 0.244 e. The number of hydrogen-bond acceptors (Lipinski definition) is 6. The molecular weight excluding hydrogens is 240 g/mol. The van der Waals surface area contributed by atoms with Gasteiger partial charge in [-0.3, -0.25) is 4.98 Å². The molecule has 2 aromatic heterocycles. The van der Waals surface area contributed by atoms with Gasteiger partial charge in [-0.15, -0.1) is 5.10 Å². The van der Waals surface area contributed by atoms with Crippen molar-refractivity contribution >= 4 is 11.8 Å². The van der Waals surface area contributed by atoms with Gasteiger partial charge in [0.15, 0.2) is 0 Å². The van der Waals surface area contributed by atoms with E-state index in [0.717, 1.165) is 30.8 Å². The van der Waals surface area contributed by atoms with Crippen LogP contribution < -0.4 is 10.6 Å². The minimum absolute atomic E-state index is 0.519. The van der Waals surface area contributed by atoms with Crippen LogP contribution in [-0.4, -0.2) is 26.7 Å². The lowest BCUT2D eigenvalue weighted by Crippen LogP contribution is -2.08. The summed E-state index contributed by atoms with van der Waals surface area (Å²) < 4.78 is 0. The normalized spacial score (nSPS) is 10.2. The molecule has 0 aliphatic rings. The molecular formula is C13H18N6. The second kappa shape index (κ2) is 7.25. The number of rotatable bonds is 7. The molecule has 2 rings (SSSR count). The summed E-state index contributed by atoms with van der Waals surface area (Å²) in [4.78, 5) is 8.40. The number of nitrogens with zero attached hydrogens (tertiary/aromatic N) is 4. The number of pyridine rings is 1. The molecule has 0 aromatic carbocycles. The van der Waals surface area contributed by atoms with Crippen molar-refractivity contribution in [2.24, 2.45) is 0 Å². The van der Waals surface area contributed by atoms with E-state index in [1.54, 1.807) is 12.4 Å². The van der Waals surface area contributed by atoms with Gasteiger partial charge in [-0.2, -0.15) is 10.1 Å². The van der Waals surface area contributed by atoms with Crippen LogP contribution in [0.3, 0.4) is 0 Å². The van der Waals surface area contributed by atoms with E-state index in [1.165, 1.54) is 0 Å². The summed E-state index contributed by atoms with van der Waals surface area (Å²) in [5.74, 6) is 1.27. The van der Waals surface area contributed by atoms with Crippen LogP contribution in [0.15, 0.2) is 30.7 Å². The van der Waals surface area contributed by atoms with E-state index in [0.29, 0.717) is 12.5 Å². The van der Waals surface area contributed by atoms with Gasteiger partial charge in [-0.25, -0.2) is 0 Å². The van der Waals surface area contributed by atoms with Crippen LogP contribution in [0.4, 0.5) is 11.8 Å². The highest BCUT2D eigenvalue weighted by Gasteiger charge is 2.00. The zero-order valence-corrected chi connectivity index (χ0v) is 11.0. The van der Waals surface area contributed by atoms with Crippen molar-refractivity contribution in [3.8, 4) is 0 Å². The van der Waals surface area contributed by atoms with Crippen molar-refractivity contribution in [3.05, 3.63) is 36.3 Å². The zero-order chi connectivity index (χ0) is 13.3. The molecule has 2 heterocycles. The summed E-state index contributed by atoms with van der Waals surface area (Å²) in [6.45, 7) is 3.69. The summed E-state index contributed by atoms with van der Waals surface area (Å²) in [6.07, 6.45) is 7.45. The number of aromatic nitrogens is 4. The summed E-state index contributed by atoms with van der Waals surface area (Å²) in [5, 5.41) is 14.2. The first kappa shape index (κ1) is 13.2. The molecule has 0 saturated carbocycles. The van der Waals surface area contributed by atoms with Gasteiger partial charge in [-0.05, 0) is 18.1 Å². The third-order valence-corrected chi connectivity index (χ3v) is 2.57. The minimum atomic E-state index is 0.519. The van der Waals surface area contributed by atoms with Gasteiger partial charge in [0, 0.05) is 25.5 Å². The van der Waals surface area contributed by atoms with E-state index in [4.69, 9.17) is 0 Å². The van der Waals surface area contributed by atoms with E-state index in [-0.39, 0.29) is 0 Å². The average Bonchev–Trinajstić information content (AvgIpc) is 2.47. The fourth-order valence-corrected chi connectivity index (χ4v) is 1.54. The van der Waals surface area contributed by atoms with Crippen molar-refractivity contribution in [2.45, 2.75) is 26.3 Å². The van der Waals surface area contributed by atoms with Gasteiger partial charge in [0.05, 0.1) is 6.20 Å². The Morgan fingerprint density at radius 3 is 2.95 bits per heavy atom. The standard InChI is InChI=1S/C13H18N6/c1-2-3-7-15-12-10-17-19-13(18-12)16-9-11-5-4-6-14-8-11/h4-6,8,10H,2-3,7,9H2,1H3,(H2,15,16,18,19). The largest absolute Gasteiger partial charge is 0.369 e. The van der Waals surface area contributed by atoms with Crippen molar-refractivity contribution in [3.63, 3.8) is 0 Å². The average molecular weight is 258 g/mol. The Morgan fingerprint density at radius 2 is 2.16 bits per heavy atom. The first-order chi connectivity index (χ1) is 9.38. The molecule has 0 spiro atoms. The van der Waals surface area contributed by atoms with Gasteiger partial charge >= 0.3 is 0 Å². The molecule has 0 saturated heterocycles. The van der Waals surface area contributed by atoms with Crippen LogP contribution in [0.5, 0.6) is 0 Å². The molecule has 0 aliphatic heterocycles. The van der Waals surface area contributed by atoms with Crippen LogP contribution in [0.25, 0.3) is 0 Å². The molecule has 6 nitrogen and oxygen atoms in total. The maximum absolute atomic E-state index is 4.34. The van der Waals surface area contributed by atoms with Crippen molar-refractivity contribution in [1.82, 2.24) is 20.2 Å². The molecule has 0 radical (unpaired) electrons. The van der Waals surface area contributed by atoms with E-state index in [9.17, 15) is 0 Å². The summed E-state index contributed by atoms with van der Waals surface area (Å²) in [5.41, 5.74) is 1.08. The predicted octanol–water partition coefficient (Wildman–Crippen LogP) is 2.09. The molecule has 0 fully saturated rings. The van der Waals surface area contributed by atoms with Crippen LogP contribution in [-0.2, 0) is 6.54 Å². The molecule has 2 N–H and O–H groups in total. The fraction of sp³-hybridized carbons (Fsp3) is 0.385. The van der Waals surface area contributed by atoms with Crippen molar-refractivity contribution < 1.29 is 0 Å². The molecule has 0 aliphatic carbocycles. The van der Waals surface area contributed by atoms with Crippen LogP contribution in [0.2, 0.25) is 0 Å². The number of unbranched alkanes of at least 4 members (excludes halogenated alkanes) is 1. The van der Waals surface area contributed by atoms with E-state index in [2.05, 4.69) is 37.7 Å². The van der Waals surface area contributed by atoms with Gasteiger partial charge in [0.1, 0.15) is 5.82 Å². The molecule has 2 aromatic rings. The summed E-state index contributed by atoms with van der Waals surface area (Å²) >= 11 is 0. The Kier molecular flexibility index (Phi) is 5.04. The number of nitrogens with one attached hydrogen (secondary N) is 2. The molecule has 19 heavy (non-hydrogen) atoms. The SMILES string of the molecule is CCCCNc1cnnc(NCc2cccnc2)n1. The van der Waals surface area contributed by atoms with Gasteiger partial charge in [0.25, 0.3) is 0 Å². The first-order valence-electron chi connectivity index (χ1n) is 6.45. The van der Waals surface area contributed by atoms with Crippen molar-refractivity contribution in [2.75, 3.05) is 17.2 Å². The Hall–Kier alpha value is -2.24.